The highest BCUT2D eigenvalue weighted by Crippen LogP contribution is 2.12. The Labute approximate surface area is 109 Å². The molecule has 4 heteroatoms. The minimum Gasteiger partial charge on any atom is -0.379 e. The molecule has 0 radical (unpaired) electrons. The number of halogens is 1. The van der Waals surface area contributed by atoms with E-state index >= 15 is 0 Å². The number of benzene rings is 1. The second-order valence-electron chi connectivity index (χ2n) is 4.64. The van der Waals surface area contributed by atoms with Crippen LogP contribution in [0.2, 0.25) is 0 Å². The summed E-state index contributed by atoms with van der Waals surface area (Å²) in [5.41, 5.74) is 1.09. The lowest BCUT2D eigenvalue weighted by Gasteiger charge is -2.15. The molecule has 1 aromatic carbocycles. The fourth-order valence-corrected chi connectivity index (χ4v) is 1.57. The summed E-state index contributed by atoms with van der Waals surface area (Å²) in [7, 11) is 4.05. The predicted molar refractivity (Wildman–Crippen MR) is 72.2 cm³/mol. The van der Waals surface area contributed by atoms with Crippen LogP contribution in [0.4, 0.5) is 4.39 Å². The molecule has 1 aromatic rings. The molecule has 0 saturated carbocycles. The number of hydrogen-bond acceptors (Lipinski definition) is 3. The zero-order valence-corrected chi connectivity index (χ0v) is 11.4. The summed E-state index contributed by atoms with van der Waals surface area (Å²) >= 11 is 0. The van der Waals surface area contributed by atoms with Gasteiger partial charge in [0.1, 0.15) is 5.82 Å². The molecular weight excluding hydrogens is 231 g/mol. The van der Waals surface area contributed by atoms with Gasteiger partial charge in [0.05, 0.1) is 13.2 Å². The first-order valence-electron chi connectivity index (χ1n) is 6.31. The van der Waals surface area contributed by atoms with Crippen molar-refractivity contribution in [3.8, 4) is 0 Å². The fraction of sp³-hybridized carbons (Fsp3) is 0.571. The second-order valence-corrected chi connectivity index (χ2v) is 4.64. The van der Waals surface area contributed by atoms with Crippen molar-refractivity contribution in [1.29, 1.82) is 0 Å². The molecule has 0 amide bonds. The van der Waals surface area contributed by atoms with Crippen molar-refractivity contribution in [2.45, 2.75) is 13.0 Å². The molecule has 18 heavy (non-hydrogen) atoms. The second kappa shape index (κ2) is 8.19. The maximum Gasteiger partial charge on any atom is 0.123 e. The summed E-state index contributed by atoms with van der Waals surface area (Å²) in [5, 5.41) is 3.35. The van der Waals surface area contributed by atoms with Crippen LogP contribution in [0.15, 0.2) is 24.3 Å². The van der Waals surface area contributed by atoms with Crippen molar-refractivity contribution in [3.05, 3.63) is 35.6 Å². The van der Waals surface area contributed by atoms with Crippen LogP contribution in [0.5, 0.6) is 0 Å². The largest absolute Gasteiger partial charge is 0.379 e. The molecule has 0 spiro atoms. The van der Waals surface area contributed by atoms with Gasteiger partial charge in [-0.25, -0.2) is 4.39 Å². The summed E-state index contributed by atoms with van der Waals surface area (Å²) < 4.78 is 18.2. The average molecular weight is 254 g/mol. The molecule has 1 rings (SSSR count). The summed E-state index contributed by atoms with van der Waals surface area (Å²) in [6, 6.07) is 6.80. The van der Waals surface area contributed by atoms with Gasteiger partial charge in [-0.2, -0.15) is 0 Å². The number of likely N-dealkylation sites (N-methyl/N-ethyl adjacent to an activating group) is 1. The van der Waals surface area contributed by atoms with Crippen LogP contribution < -0.4 is 5.32 Å². The van der Waals surface area contributed by atoms with E-state index in [1.54, 1.807) is 12.1 Å². The third-order valence-electron chi connectivity index (χ3n) is 2.75. The molecule has 1 unspecified atom stereocenters. The Bertz CT molecular complexity index is 327. The molecule has 0 fully saturated rings. The average Bonchev–Trinajstić information content (AvgIpc) is 2.34. The van der Waals surface area contributed by atoms with Gasteiger partial charge in [0, 0.05) is 19.1 Å². The lowest BCUT2D eigenvalue weighted by molar-refractivity contribution is 0.118. The number of ether oxygens (including phenoxy) is 1. The lowest BCUT2D eigenvalue weighted by Crippen LogP contribution is -2.25. The molecule has 1 atom stereocenters. The fourth-order valence-electron chi connectivity index (χ4n) is 1.57. The van der Waals surface area contributed by atoms with Crippen LogP contribution in [0, 0.1) is 5.82 Å². The van der Waals surface area contributed by atoms with E-state index in [1.807, 2.05) is 14.1 Å². The molecule has 0 aliphatic carbocycles. The molecule has 0 aliphatic rings. The zero-order chi connectivity index (χ0) is 13.4. The third kappa shape index (κ3) is 6.10. The van der Waals surface area contributed by atoms with Crippen LogP contribution in [0.3, 0.4) is 0 Å². The highest BCUT2D eigenvalue weighted by atomic mass is 19.1. The standard InChI is InChI=1S/C14H23FN2O/c1-12(13-4-6-14(15)7-5-13)16-8-10-18-11-9-17(2)3/h4-7,12,16H,8-11H2,1-3H3. The van der Waals surface area contributed by atoms with Crippen molar-refractivity contribution < 1.29 is 9.13 Å². The maximum atomic E-state index is 12.8. The Morgan fingerprint density at radius 2 is 1.89 bits per heavy atom. The SMILES string of the molecule is CC(NCCOCCN(C)C)c1ccc(F)cc1. The van der Waals surface area contributed by atoms with E-state index in [0.717, 1.165) is 25.3 Å². The lowest BCUT2D eigenvalue weighted by atomic mass is 10.1. The van der Waals surface area contributed by atoms with Crippen molar-refractivity contribution in [2.75, 3.05) is 40.4 Å². The van der Waals surface area contributed by atoms with Gasteiger partial charge in [-0.1, -0.05) is 12.1 Å². The van der Waals surface area contributed by atoms with Gasteiger partial charge < -0.3 is 15.0 Å². The zero-order valence-electron chi connectivity index (χ0n) is 11.4. The minimum absolute atomic E-state index is 0.196. The Kier molecular flexibility index (Phi) is 6.86. The van der Waals surface area contributed by atoms with Crippen molar-refractivity contribution >= 4 is 0 Å². The quantitative estimate of drug-likeness (QED) is 0.719. The number of nitrogens with one attached hydrogen (secondary N) is 1. The van der Waals surface area contributed by atoms with Gasteiger partial charge in [-0.3, -0.25) is 0 Å². The van der Waals surface area contributed by atoms with Crippen LogP contribution in [0.1, 0.15) is 18.5 Å². The van der Waals surface area contributed by atoms with E-state index in [2.05, 4.69) is 17.1 Å². The number of rotatable bonds is 8. The van der Waals surface area contributed by atoms with Crippen molar-refractivity contribution in [3.63, 3.8) is 0 Å². The van der Waals surface area contributed by atoms with Gasteiger partial charge in [0.2, 0.25) is 0 Å². The Hall–Kier alpha value is -0.970. The summed E-state index contributed by atoms with van der Waals surface area (Å²) in [6.45, 7) is 5.24. The molecule has 102 valence electrons. The summed E-state index contributed by atoms with van der Waals surface area (Å²) in [6.07, 6.45) is 0. The van der Waals surface area contributed by atoms with Crippen LogP contribution in [-0.2, 0) is 4.74 Å². The molecule has 0 aliphatic heterocycles. The normalized spacial score (nSPS) is 12.9. The van der Waals surface area contributed by atoms with Crippen LogP contribution in [0.25, 0.3) is 0 Å². The van der Waals surface area contributed by atoms with Gasteiger partial charge in [-0.15, -0.1) is 0 Å². The van der Waals surface area contributed by atoms with Gasteiger partial charge in [0.25, 0.3) is 0 Å². The van der Waals surface area contributed by atoms with E-state index in [-0.39, 0.29) is 11.9 Å². The Morgan fingerprint density at radius 3 is 2.50 bits per heavy atom. The highest BCUT2D eigenvalue weighted by Gasteiger charge is 2.03. The molecule has 3 nitrogen and oxygen atoms in total. The highest BCUT2D eigenvalue weighted by molar-refractivity contribution is 5.19. The molecule has 0 saturated heterocycles. The van der Waals surface area contributed by atoms with E-state index in [1.165, 1.54) is 12.1 Å². The van der Waals surface area contributed by atoms with Gasteiger partial charge >= 0.3 is 0 Å². The first kappa shape index (κ1) is 15.1. The summed E-state index contributed by atoms with van der Waals surface area (Å²) in [4.78, 5) is 2.09. The predicted octanol–water partition coefficient (Wildman–Crippen LogP) is 2.05. The summed E-state index contributed by atoms with van der Waals surface area (Å²) in [5.74, 6) is -0.196. The smallest absolute Gasteiger partial charge is 0.123 e. The minimum atomic E-state index is -0.196. The molecule has 0 aromatic heterocycles. The first-order valence-corrected chi connectivity index (χ1v) is 6.31. The van der Waals surface area contributed by atoms with Gasteiger partial charge in [0.15, 0.2) is 0 Å². The third-order valence-corrected chi connectivity index (χ3v) is 2.75. The van der Waals surface area contributed by atoms with E-state index in [4.69, 9.17) is 4.74 Å². The Balaban J connectivity index is 2.13. The number of hydrogen-bond donors (Lipinski definition) is 1. The van der Waals surface area contributed by atoms with Crippen LogP contribution >= 0.6 is 0 Å². The topological polar surface area (TPSA) is 24.5 Å². The first-order chi connectivity index (χ1) is 8.59. The van der Waals surface area contributed by atoms with Crippen LogP contribution in [-0.4, -0.2) is 45.3 Å². The molecule has 0 heterocycles. The Morgan fingerprint density at radius 1 is 1.22 bits per heavy atom. The van der Waals surface area contributed by atoms with E-state index in [9.17, 15) is 4.39 Å². The maximum absolute atomic E-state index is 12.8. The van der Waals surface area contributed by atoms with E-state index in [0.29, 0.717) is 6.61 Å². The monoisotopic (exact) mass is 254 g/mol. The van der Waals surface area contributed by atoms with Crippen molar-refractivity contribution in [2.24, 2.45) is 0 Å². The molecule has 1 N–H and O–H groups in total. The van der Waals surface area contributed by atoms with E-state index < -0.39 is 0 Å². The molecule has 0 bridgehead atoms. The molecular formula is C14H23FN2O. The van der Waals surface area contributed by atoms with Gasteiger partial charge in [-0.05, 0) is 38.7 Å². The number of nitrogens with zero attached hydrogens (tertiary/aromatic N) is 1. The van der Waals surface area contributed by atoms with Crippen molar-refractivity contribution in [1.82, 2.24) is 10.2 Å².